The van der Waals surface area contributed by atoms with Crippen LogP contribution in [0.15, 0.2) is 34.9 Å². The number of aryl methyl sites for hydroxylation is 1. The molecular weight excluding hydrogens is 356 g/mol. The maximum atomic E-state index is 13.3. The molecule has 3 heterocycles. The molecule has 0 radical (unpaired) electrons. The first-order valence-corrected chi connectivity index (χ1v) is 9.37. The Labute approximate surface area is 162 Å². The van der Waals surface area contributed by atoms with Gasteiger partial charge in [0.25, 0.3) is 5.91 Å². The molecular formula is C21H22N4O3. The number of benzene rings is 1. The van der Waals surface area contributed by atoms with E-state index < -0.39 is 0 Å². The number of hydrogen-bond acceptors (Lipinski definition) is 5. The Bertz CT molecular complexity index is 1040. The molecule has 1 N–H and O–H groups in total. The van der Waals surface area contributed by atoms with Gasteiger partial charge in [-0.1, -0.05) is 35.5 Å². The van der Waals surface area contributed by atoms with E-state index in [1.807, 2.05) is 37.3 Å². The monoisotopic (exact) mass is 378 g/mol. The standard InChI is InChI=1S/C21H22N4O3/c1-12-17(13(2)22-18(12)14(3)26)21(27)25-11-7-10-16(25)20-23-19(24-28-20)15-8-5-4-6-9-15/h4-6,8-9,16,22H,7,10-11H2,1-3H3. The molecule has 7 nitrogen and oxygen atoms in total. The molecule has 2 aromatic heterocycles. The van der Waals surface area contributed by atoms with Crippen LogP contribution in [0.4, 0.5) is 0 Å². The highest BCUT2D eigenvalue weighted by Crippen LogP contribution is 2.34. The second-order valence-electron chi connectivity index (χ2n) is 7.16. The van der Waals surface area contributed by atoms with Gasteiger partial charge >= 0.3 is 0 Å². The van der Waals surface area contributed by atoms with Gasteiger partial charge in [0.2, 0.25) is 11.7 Å². The number of carbonyl (C=O) groups excluding carboxylic acids is 2. The molecule has 28 heavy (non-hydrogen) atoms. The van der Waals surface area contributed by atoms with Crippen molar-refractivity contribution in [1.29, 1.82) is 0 Å². The smallest absolute Gasteiger partial charge is 0.256 e. The molecule has 1 atom stereocenters. The zero-order valence-electron chi connectivity index (χ0n) is 16.2. The van der Waals surface area contributed by atoms with E-state index in [1.165, 1.54) is 6.92 Å². The minimum absolute atomic E-state index is 0.0815. The number of ketones is 1. The first-order valence-electron chi connectivity index (χ1n) is 9.37. The third-order valence-electron chi connectivity index (χ3n) is 5.28. The van der Waals surface area contributed by atoms with Gasteiger partial charge in [-0.25, -0.2) is 0 Å². The lowest BCUT2D eigenvalue weighted by atomic mass is 10.1. The van der Waals surface area contributed by atoms with Crippen LogP contribution in [0.25, 0.3) is 11.4 Å². The Morgan fingerprint density at radius 1 is 1.21 bits per heavy atom. The van der Waals surface area contributed by atoms with Crippen LogP contribution in [-0.4, -0.2) is 38.3 Å². The average Bonchev–Trinajstić information content (AvgIpc) is 3.40. The molecule has 1 aromatic carbocycles. The minimum atomic E-state index is -0.257. The van der Waals surface area contributed by atoms with Crippen molar-refractivity contribution in [2.24, 2.45) is 0 Å². The lowest BCUT2D eigenvalue weighted by Crippen LogP contribution is -2.31. The fourth-order valence-corrected chi connectivity index (χ4v) is 3.91. The zero-order chi connectivity index (χ0) is 19.8. The van der Waals surface area contributed by atoms with Gasteiger partial charge in [0, 0.05) is 24.7 Å². The number of H-pyrrole nitrogens is 1. The fraction of sp³-hybridized carbons (Fsp3) is 0.333. The molecule has 7 heteroatoms. The third kappa shape index (κ3) is 3.02. The van der Waals surface area contributed by atoms with E-state index in [2.05, 4.69) is 15.1 Å². The number of amides is 1. The Morgan fingerprint density at radius 2 is 1.96 bits per heavy atom. The molecule has 1 saturated heterocycles. The predicted octanol–water partition coefficient (Wildman–Crippen LogP) is 3.86. The SMILES string of the molecule is CC(=O)c1[nH]c(C)c(C(=O)N2CCCC2c2nc(-c3ccccc3)no2)c1C. The van der Waals surface area contributed by atoms with E-state index in [0.717, 1.165) is 18.4 Å². The Hall–Kier alpha value is -3.22. The summed E-state index contributed by atoms with van der Waals surface area (Å²) in [6, 6.07) is 9.34. The molecule has 1 aliphatic rings. The highest BCUT2D eigenvalue weighted by Gasteiger charge is 2.36. The number of carbonyl (C=O) groups is 2. The summed E-state index contributed by atoms with van der Waals surface area (Å²) in [5.41, 5.74) is 3.31. The van der Waals surface area contributed by atoms with E-state index in [-0.39, 0.29) is 17.7 Å². The van der Waals surface area contributed by atoms with Crippen molar-refractivity contribution in [3.05, 3.63) is 58.7 Å². The lowest BCUT2D eigenvalue weighted by Gasteiger charge is -2.22. The minimum Gasteiger partial charge on any atom is -0.355 e. The van der Waals surface area contributed by atoms with Crippen molar-refractivity contribution in [1.82, 2.24) is 20.0 Å². The van der Waals surface area contributed by atoms with Crippen molar-refractivity contribution >= 4 is 11.7 Å². The van der Waals surface area contributed by atoms with Crippen LogP contribution >= 0.6 is 0 Å². The van der Waals surface area contributed by atoms with E-state index in [9.17, 15) is 9.59 Å². The summed E-state index contributed by atoms with van der Waals surface area (Å²) in [6.07, 6.45) is 1.63. The van der Waals surface area contributed by atoms with Crippen molar-refractivity contribution in [3.63, 3.8) is 0 Å². The second kappa shape index (κ2) is 7.07. The summed E-state index contributed by atoms with van der Waals surface area (Å²) < 4.78 is 5.51. The van der Waals surface area contributed by atoms with E-state index in [4.69, 9.17) is 4.52 Å². The molecule has 1 fully saturated rings. The van der Waals surface area contributed by atoms with Crippen LogP contribution in [0.3, 0.4) is 0 Å². The van der Waals surface area contributed by atoms with Gasteiger partial charge in [0.05, 0.1) is 11.3 Å². The number of likely N-dealkylation sites (tertiary alicyclic amines) is 1. The average molecular weight is 378 g/mol. The number of nitrogens with one attached hydrogen (secondary N) is 1. The van der Waals surface area contributed by atoms with Crippen LogP contribution in [0.5, 0.6) is 0 Å². The summed E-state index contributed by atoms with van der Waals surface area (Å²) in [7, 11) is 0. The van der Waals surface area contributed by atoms with Crippen molar-refractivity contribution in [2.75, 3.05) is 6.54 Å². The van der Waals surface area contributed by atoms with Crippen molar-refractivity contribution in [3.8, 4) is 11.4 Å². The second-order valence-corrected chi connectivity index (χ2v) is 7.16. The Morgan fingerprint density at radius 3 is 2.64 bits per heavy atom. The van der Waals surface area contributed by atoms with Gasteiger partial charge in [-0.3, -0.25) is 9.59 Å². The number of hydrogen-bond donors (Lipinski definition) is 1. The van der Waals surface area contributed by atoms with Crippen molar-refractivity contribution < 1.29 is 14.1 Å². The topological polar surface area (TPSA) is 92.1 Å². The number of aromatic nitrogens is 3. The van der Waals surface area contributed by atoms with Crippen LogP contribution < -0.4 is 0 Å². The molecule has 0 bridgehead atoms. The van der Waals surface area contributed by atoms with Gasteiger partial charge in [-0.05, 0) is 32.3 Å². The summed E-state index contributed by atoms with van der Waals surface area (Å²) in [5, 5.41) is 4.09. The summed E-state index contributed by atoms with van der Waals surface area (Å²) in [4.78, 5) is 34.5. The lowest BCUT2D eigenvalue weighted by molar-refractivity contribution is 0.0709. The number of nitrogens with zero attached hydrogens (tertiary/aromatic N) is 3. The Kier molecular flexibility index (Phi) is 4.58. The highest BCUT2D eigenvalue weighted by atomic mass is 16.5. The predicted molar refractivity (Wildman–Crippen MR) is 103 cm³/mol. The highest BCUT2D eigenvalue weighted by molar-refractivity contribution is 6.02. The zero-order valence-corrected chi connectivity index (χ0v) is 16.2. The number of aromatic amines is 1. The van der Waals surface area contributed by atoms with Gasteiger partial charge in [-0.2, -0.15) is 4.98 Å². The van der Waals surface area contributed by atoms with Gasteiger partial charge in [0.15, 0.2) is 5.78 Å². The maximum Gasteiger partial charge on any atom is 0.256 e. The van der Waals surface area contributed by atoms with Crippen LogP contribution in [0, 0.1) is 13.8 Å². The van der Waals surface area contributed by atoms with Crippen LogP contribution in [0.2, 0.25) is 0 Å². The quantitative estimate of drug-likeness (QED) is 0.696. The van der Waals surface area contributed by atoms with Crippen molar-refractivity contribution in [2.45, 2.75) is 39.7 Å². The Balaban J connectivity index is 1.64. The first kappa shape index (κ1) is 18.2. The molecule has 1 unspecified atom stereocenters. The molecule has 3 aromatic rings. The van der Waals surface area contributed by atoms with E-state index in [0.29, 0.717) is 40.8 Å². The van der Waals surface area contributed by atoms with Crippen LogP contribution in [-0.2, 0) is 0 Å². The van der Waals surface area contributed by atoms with Gasteiger partial charge in [0.1, 0.15) is 6.04 Å². The normalized spacial score (nSPS) is 16.5. The number of rotatable bonds is 4. The van der Waals surface area contributed by atoms with Gasteiger partial charge in [-0.15, -0.1) is 0 Å². The van der Waals surface area contributed by atoms with E-state index in [1.54, 1.807) is 11.8 Å². The molecule has 0 spiro atoms. The molecule has 1 amide bonds. The van der Waals surface area contributed by atoms with E-state index >= 15 is 0 Å². The fourth-order valence-electron chi connectivity index (χ4n) is 3.91. The summed E-state index contributed by atoms with van der Waals surface area (Å²) in [5.74, 6) is 0.771. The molecule has 4 rings (SSSR count). The molecule has 1 aliphatic heterocycles. The summed E-state index contributed by atoms with van der Waals surface area (Å²) in [6.45, 7) is 5.73. The molecule has 0 saturated carbocycles. The van der Waals surface area contributed by atoms with Gasteiger partial charge < -0.3 is 14.4 Å². The molecule has 144 valence electrons. The maximum absolute atomic E-state index is 13.3. The third-order valence-corrected chi connectivity index (χ3v) is 5.28. The number of Topliss-reactive ketones (excluding diaryl/α,β-unsaturated/α-hetero) is 1. The first-order chi connectivity index (χ1) is 13.5. The summed E-state index contributed by atoms with van der Waals surface area (Å²) >= 11 is 0. The molecule has 0 aliphatic carbocycles. The van der Waals surface area contributed by atoms with Crippen LogP contribution in [0.1, 0.15) is 63.8 Å². The largest absolute Gasteiger partial charge is 0.355 e.